The van der Waals surface area contributed by atoms with Crippen molar-refractivity contribution >= 4 is 29.5 Å². The average Bonchev–Trinajstić information content (AvgIpc) is 2.56. The molecule has 6 nitrogen and oxygen atoms in total. The van der Waals surface area contributed by atoms with E-state index in [1.54, 1.807) is 11.8 Å². The monoisotopic (exact) mass is 354 g/mol. The fourth-order valence-electron chi connectivity index (χ4n) is 1.93. The Morgan fingerprint density at radius 1 is 1.39 bits per heavy atom. The van der Waals surface area contributed by atoms with E-state index in [1.807, 2.05) is 30.3 Å². The lowest BCUT2D eigenvalue weighted by Gasteiger charge is -2.15. The number of benzene rings is 1. The molecule has 124 valence electrons. The van der Waals surface area contributed by atoms with Gasteiger partial charge in [0.25, 0.3) is 0 Å². The molecule has 0 aliphatic carbocycles. The highest BCUT2D eigenvalue weighted by atomic mass is 32.2. The number of hydrogen-bond acceptors (Lipinski definition) is 7. The van der Waals surface area contributed by atoms with Gasteiger partial charge in [-0.15, -0.1) is 11.8 Å². The maximum Gasteiger partial charge on any atom is 0.412 e. The molecule has 1 aliphatic rings. The predicted molar refractivity (Wildman–Crippen MR) is 92.7 cm³/mol. The zero-order chi connectivity index (χ0) is 16.5. The highest BCUT2D eigenvalue weighted by Crippen LogP contribution is 2.23. The number of carbonyl (C=O) groups is 1. The molecule has 1 N–H and O–H groups in total. The van der Waals surface area contributed by atoms with Crippen LogP contribution in [0.15, 0.2) is 41.1 Å². The van der Waals surface area contributed by atoms with Crippen LogP contribution in [0, 0.1) is 10.1 Å². The minimum atomic E-state index is -0.868. The second-order valence-electron chi connectivity index (χ2n) is 4.74. The number of rotatable bonds is 7. The van der Waals surface area contributed by atoms with Crippen LogP contribution in [0.4, 0.5) is 0 Å². The van der Waals surface area contributed by atoms with Crippen LogP contribution in [0.1, 0.15) is 12.0 Å². The summed E-state index contributed by atoms with van der Waals surface area (Å²) in [6, 6.07) is 9.96. The summed E-state index contributed by atoms with van der Waals surface area (Å²) in [5.41, 5.74) is 0.711. The Labute approximate surface area is 143 Å². The van der Waals surface area contributed by atoms with Crippen molar-refractivity contribution in [2.24, 2.45) is 0 Å². The summed E-state index contributed by atoms with van der Waals surface area (Å²) in [6.07, 6.45) is 0.921. The van der Waals surface area contributed by atoms with E-state index in [0.717, 1.165) is 17.9 Å². The van der Waals surface area contributed by atoms with Gasteiger partial charge in [-0.1, -0.05) is 30.3 Å². The molecule has 1 aliphatic heterocycles. The van der Waals surface area contributed by atoms with Gasteiger partial charge < -0.3 is 10.1 Å². The van der Waals surface area contributed by atoms with Crippen LogP contribution in [0.25, 0.3) is 0 Å². The van der Waals surface area contributed by atoms with Crippen molar-refractivity contribution in [1.29, 1.82) is 0 Å². The van der Waals surface area contributed by atoms with Crippen molar-refractivity contribution in [3.8, 4) is 0 Å². The third-order valence-electron chi connectivity index (χ3n) is 3.02. The minimum absolute atomic E-state index is 0.158. The van der Waals surface area contributed by atoms with Crippen molar-refractivity contribution in [1.82, 2.24) is 5.32 Å². The molecule has 0 unspecified atom stereocenters. The molecular formula is C15H18N2O4S2. The highest BCUT2D eigenvalue weighted by molar-refractivity contribution is 8.03. The van der Waals surface area contributed by atoms with E-state index >= 15 is 0 Å². The standard InChI is InChI=1S/C15H18N2O4S2/c18-15(13(17(19)20)14-16-7-4-9-23-14)21-8-10-22-11-12-5-2-1-3-6-12/h1-3,5-6,16H,4,7-11H2/b14-13-. The number of ether oxygens (including phenoxy) is 1. The summed E-state index contributed by atoms with van der Waals surface area (Å²) >= 11 is 2.91. The Morgan fingerprint density at radius 3 is 2.83 bits per heavy atom. The van der Waals surface area contributed by atoms with E-state index in [4.69, 9.17) is 4.74 Å². The van der Waals surface area contributed by atoms with E-state index in [-0.39, 0.29) is 6.61 Å². The van der Waals surface area contributed by atoms with Gasteiger partial charge in [0.05, 0.1) is 4.92 Å². The first-order valence-corrected chi connectivity index (χ1v) is 9.36. The van der Waals surface area contributed by atoms with Crippen molar-refractivity contribution < 1.29 is 14.5 Å². The van der Waals surface area contributed by atoms with Gasteiger partial charge in [-0.25, -0.2) is 4.79 Å². The van der Waals surface area contributed by atoms with Gasteiger partial charge in [0, 0.05) is 23.8 Å². The van der Waals surface area contributed by atoms with Crippen LogP contribution in [0.3, 0.4) is 0 Å². The summed E-state index contributed by atoms with van der Waals surface area (Å²) in [7, 11) is 0. The molecule has 0 radical (unpaired) electrons. The quantitative estimate of drug-likeness (QED) is 0.265. The number of nitro groups is 1. The van der Waals surface area contributed by atoms with Gasteiger partial charge in [-0.05, 0) is 12.0 Å². The Kier molecular flexibility index (Phi) is 7.28. The maximum atomic E-state index is 11.9. The molecular weight excluding hydrogens is 336 g/mol. The molecule has 8 heteroatoms. The van der Waals surface area contributed by atoms with Crippen molar-refractivity contribution in [2.75, 3.05) is 24.7 Å². The smallest absolute Gasteiger partial charge is 0.412 e. The SMILES string of the molecule is O=C(OCCSCc1ccccc1)/C(=C1\NCCCS1)[N+](=O)[O-]. The number of thioether (sulfide) groups is 2. The van der Waals surface area contributed by atoms with Crippen LogP contribution >= 0.6 is 23.5 Å². The van der Waals surface area contributed by atoms with Crippen LogP contribution in [0.5, 0.6) is 0 Å². The topological polar surface area (TPSA) is 81.5 Å². The number of esters is 1. The molecule has 0 atom stereocenters. The van der Waals surface area contributed by atoms with Crippen LogP contribution < -0.4 is 5.32 Å². The molecule has 0 saturated carbocycles. The van der Waals surface area contributed by atoms with Crippen molar-refractivity contribution in [3.63, 3.8) is 0 Å². The Morgan fingerprint density at radius 2 is 2.17 bits per heavy atom. The molecule has 1 aromatic carbocycles. The summed E-state index contributed by atoms with van der Waals surface area (Å²) < 4.78 is 5.04. The average molecular weight is 354 g/mol. The summed E-state index contributed by atoms with van der Waals surface area (Å²) in [5.74, 6) is 1.31. The van der Waals surface area contributed by atoms with E-state index in [9.17, 15) is 14.9 Å². The molecule has 0 aromatic heterocycles. The lowest BCUT2D eigenvalue weighted by molar-refractivity contribution is -0.422. The van der Waals surface area contributed by atoms with Gasteiger partial charge in [-0.2, -0.15) is 11.8 Å². The second kappa shape index (κ2) is 9.46. The van der Waals surface area contributed by atoms with E-state index < -0.39 is 16.6 Å². The van der Waals surface area contributed by atoms with Gasteiger partial charge in [-0.3, -0.25) is 10.1 Å². The van der Waals surface area contributed by atoms with Gasteiger partial charge >= 0.3 is 11.7 Å². The largest absolute Gasteiger partial charge is 0.457 e. The molecule has 0 spiro atoms. The summed E-state index contributed by atoms with van der Waals surface area (Å²) in [5, 5.41) is 14.3. The second-order valence-corrected chi connectivity index (χ2v) is 6.95. The first-order chi connectivity index (χ1) is 11.2. The van der Waals surface area contributed by atoms with Crippen LogP contribution in [0.2, 0.25) is 0 Å². The van der Waals surface area contributed by atoms with Gasteiger partial charge in [0.2, 0.25) is 0 Å². The van der Waals surface area contributed by atoms with Crippen molar-refractivity contribution in [3.05, 3.63) is 56.7 Å². The highest BCUT2D eigenvalue weighted by Gasteiger charge is 2.30. The number of nitrogens with zero attached hydrogens (tertiary/aromatic N) is 1. The molecule has 1 fully saturated rings. The molecule has 0 amide bonds. The minimum Gasteiger partial charge on any atom is -0.457 e. The maximum absolute atomic E-state index is 11.9. The fourth-order valence-corrected chi connectivity index (χ4v) is 3.69. The Balaban J connectivity index is 1.77. The number of carbonyl (C=O) groups excluding carboxylic acids is 1. The first kappa shape index (κ1) is 17.7. The Bertz CT molecular complexity index is 570. The van der Waals surface area contributed by atoms with Crippen molar-refractivity contribution in [2.45, 2.75) is 12.2 Å². The zero-order valence-electron chi connectivity index (χ0n) is 12.5. The summed E-state index contributed by atoms with van der Waals surface area (Å²) in [4.78, 5) is 22.4. The first-order valence-electron chi connectivity index (χ1n) is 7.22. The third kappa shape index (κ3) is 5.80. The van der Waals surface area contributed by atoms with Gasteiger partial charge in [0.1, 0.15) is 6.61 Å². The van der Waals surface area contributed by atoms with Gasteiger partial charge in [0.15, 0.2) is 5.03 Å². The molecule has 0 bridgehead atoms. The molecule has 2 rings (SSSR count). The molecule has 1 saturated heterocycles. The van der Waals surface area contributed by atoms with E-state index in [2.05, 4.69) is 5.32 Å². The van der Waals surface area contributed by atoms with E-state index in [1.165, 1.54) is 17.3 Å². The van der Waals surface area contributed by atoms with E-state index in [0.29, 0.717) is 17.3 Å². The third-order valence-corrected chi connectivity index (χ3v) is 5.13. The molecule has 1 aromatic rings. The fraction of sp³-hybridized carbons (Fsp3) is 0.400. The number of nitrogens with one attached hydrogen (secondary N) is 1. The normalized spacial score (nSPS) is 16.3. The number of hydrogen-bond donors (Lipinski definition) is 1. The van der Waals surface area contributed by atoms with Crippen LogP contribution in [-0.2, 0) is 15.3 Å². The molecule has 1 heterocycles. The summed E-state index contributed by atoms with van der Waals surface area (Å²) in [6.45, 7) is 0.797. The predicted octanol–water partition coefficient (Wildman–Crippen LogP) is 2.64. The lowest BCUT2D eigenvalue weighted by atomic mass is 10.2. The lowest BCUT2D eigenvalue weighted by Crippen LogP contribution is -2.26. The zero-order valence-corrected chi connectivity index (χ0v) is 14.2. The molecule has 23 heavy (non-hydrogen) atoms. The Hall–Kier alpha value is -1.67. The van der Waals surface area contributed by atoms with Crippen LogP contribution in [-0.4, -0.2) is 35.5 Å².